The van der Waals surface area contributed by atoms with Crippen LogP contribution >= 0.6 is 0 Å². The molecule has 0 unspecified atom stereocenters. The maximum Gasteiger partial charge on any atom is 0.271 e. The number of aromatic nitrogens is 1. The van der Waals surface area contributed by atoms with Gasteiger partial charge in [0.2, 0.25) is 11.8 Å². The fourth-order valence-corrected chi connectivity index (χ4v) is 5.42. The molecule has 0 bridgehead atoms. The number of non-ortho nitro benzene ring substituents is 1. The molecule has 27 heavy (non-hydrogen) atoms. The molecule has 1 saturated carbocycles. The lowest BCUT2D eigenvalue weighted by Crippen LogP contribution is -2.33. The second-order valence-corrected chi connectivity index (χ2v) is 7.81. The fourth-order valence-electron chi connectivity index (χ4n) is 5.42. The summed E-state index contributed by atoms with van der Waals surface area (Å²) in [4.78, 5) is 41.8. The first-order chi connectivity index (χ1) is 13.0. The van der Waals surface area contributed by atoms with Gasteiger partial charge in [0.25, 0.3) is 5.69 Å². The number of nitrogens with zero attached hydrogens (tertiary/aromatic N) is 2. The molecule has 5 rings (SSSR count). The van der Waals surface area contributed by atoms with Crippen molar-refractivity contribution >= 4 is 23.2 Å². The van der Waals surface area contributed by atoms with Gasteiger partial charge in [0.05, 0.1) is 22.4 Å². The van der Waals surface area contributed by atoms with Gasteiger partial charge in [-0.2, -0.15) is 0 Å². The summed E-state index contributed by atoms with van der Waals surface area (Å²) in [6.07, 6.45) is 3.01. The summed E-state index contributed by atoms with van der Waals surface area (Å²) in [6.45, 7) is 1.97. The second kappa shape index (κ2) is 5.52. The molecule has 7 heteroatoms. The molecule has 4 atom stereocenters. The maximum absolute atomic E-state index is 13.3. The zero-order chi connectivity index (χ0) is 18.9. The number of carbonyl (C=O) groups is 2. The molecule has 1 aromatic carbocycles. The number of aryl methyl sites for hydroxylation is 1. The van der Waals surface area contributed by atoms with E-state index in [9.17, 15) is 19.7 Å². The van der Waals surface area contributed by atoms with E-state index in [-0.39, 0.29) is 40.9 Å². The quantitative estimate of drug-likeness (QED) is 0.501. The Morgan fingerprint density at radius 1 is 1.19 bits per heavy atom. The molecule has 0 radical (unpaired) electrons. The number of anilines is 1. The van der Waals surface area contributed by atoms with Crippen LogP contribution in [0.25, 0.3) is 0 Å². The van der Waals surface area contributed by atoms with Crippen molar-refractivity contribution in [3.63, 3.8) is 0 Å². The van der Waals surface area contributed by atoms with Crippen LogP contribution in [-0.4, -0.2) is 21.7 Å². The Labute approximate surface area is 155 Å². The molecule has 2 heterocycles. The number of H-pyrrole nitrogens is 1. The van der Waals surface area contributed by atoms with Gasteiger partial charge in [-0.05, 0) is 43.4 Å². The predicted molar refractivity (Wildman–Crippen MR) is 97.4 cm³/mol. The maximum atomic E-state index is 13.3. The zero-order valence-electron chi connectivity index (χ0n) is 14.8. The average Bonchev–Trinajstić information content (AvgIpc) is 3.31. The van der Waals surface area contributed by atoms with Gasteiger partial charge < -0.3 is 4.98 Å². The SMILES string of the molecule is Cc1cc2c([nH]1)[C@@H]1CCC[C@@H]1[C@@H]1C(=O)N(c3cccc([N+](=O)[O-])c3)C(=O)[C@H]21. The van der Waals surface area contributed by atoms with Crippen molar-refractivity contribution in [2.45, 2.75) is 38.0 Å². The van der Waals surface area contributed by atoms with Gasteiger partial charge in [0, 0.05) is 29.4 Å². The third kappa shape index (κ3) is 2.14. The molecule has 2 aliphatic carbocycles. The monoisotopic (exact) mass is 365 g/mol. The number of nitrogens with one attached hydrogen (secondary N) is 1. The molecule has 1 aliphatic heterocycles. The smallest absolute Gasteiger partial charge is 0.271 e. The summed E-state index contributed by atoms with van der Waals surface area (Å²) in [5, 5.41) is 11.1. The summed E-state index contributed by atoms with van der Waals surface area (Å²) >= 11 is 0. The third-order valence-electron chi connectivity index (χ3n) is 6.40. The number of hydrogen-bond donors (Lipinski definition) is 1. The van der Waals surface area contributed by atoms with Crippen LogP contribution in [0.15, 0.2) is 30.3 Å². The highest BCUT2D eigenvalue weighted by Gasteiger charge is 2.58. The highest BCUT2D eigenvalue weighted by molar-refractivity contribution is 6.24. The van der Waals surface area contributed by atoms with Gasteiger partial charge in [-0.1, -0.05) is 12.5 Å². The number of nitro groups is 1. The first kappa shape index (κ1) is 16.2. The van der Waals surface area contributed by atoms with Crippen LogP contribution in [-0.2, 0) is 9.59 Å². The van der Waals surface area contributed by atoms with E-state index in [4.69, 9.17) is 0 Å². The van der Waals surface area contributed by atoms with Gasteiger partial charge in [-0.15, -0.1) is 0 Å². The number of rotatable bonds is 2. The molecular formula is C20H19N3O4. The minimum atomic E-state index is -0.512. The number of fused-ring (bicyclic) bond motifs is 6. The Balaban J connectivity index is 1.63. The molecular weight excluding hydrogens is 346 g/mol. The lowest BCUT2D eigenvalue weighted by molar-refractivity contribution is -0.384. The van der Waals surface area contributed by atoms with Crippen molar-refractivity contribution in [3.8, 4) is 0 Å². The number of amides is 2. The Morgan fingerprint density at radius 3 is 2.78 bits per heavy atom. The van der Waals surface area contributed by atoms with Crippen LogP contribution in [0.4, 0.5) is 11.4 Å². The van der Waals surface area contributed by atoms with E-state index in [0.717, 1.165) is 36.2 Å². The molecule has 138 valence electrons. The molecule has 2 amide bonds. The molecule has 1 aromatic heterocycles. The highest BCUT2D eigenvalue weighted by Crippen LogP contribution is 2.57. The number of carbonyl (C=O) groups excluding carboxylic acids is 2. The third-order valence-corrected chi connectivity index (χ3v) is 6.40. The minimum absolute atomic E-state index is 0.125. The number of benzene rings is 1. The van der Waals surface area contributed by atoms with Crippen LogP contribution in [0.2, 0.25) is 0 Å². The summed E-state index contributed by atoms with van der Waals surface area (Å²) in [5.41, 5.74) is 3.21. The minimum Gasteiger partial charge on any atom is -0.362 e. The largest absolute Gasteiger partial charge is 0.362 e. The number of imide groups is 1. The van der Waals surface area contributed by atoms with Crippen molar-refractivity contribution in [2.75, 3.05) is 4.90 Å². The van der Waals surface area contributed by atoms with Crippen molar-refractivity contribution in [1.29, 1.82) is 0 Å². The molecule has 2 aromatic rings. The van der Waals surface area contributed by atoms with Crippen LogP contribution < -0.4 is 4.90 Å². The standard InChI is InChI=1S/C20H19N3O4/c1-10-8-15-17-16(13-6-3-7-14(13)18(15)21-10)19(24)22(20(17)25)11-4-2-5-12(9-11)23(26)27/h2,4-5,8-9,13-14,16-17,21H,3,6-7H2,1H3/t13-,14+,16-,17+/m0/s1. The van der Waals surface area contributed by atoms with E-state index in [1.807, 2.05) is 13.0 Å². The van der Waals surface area contributed by atoms with Crippen molar-refractivity contribution < 1.29 is 14.5 Å². The summed E-state index contributed by atoms with van der Waals surface area (Å²) in [5.74, 6) is -0.900. The molecule has 1 saturated heterocycles. The van der Waals surface area contributed by atoms with Gasteiger partial charge in [-0.25, -0.2) is 4.90 Å². The Kier molecular flexibility index (Phi) is 3.32. The summed E-state index contributed by atoms with van der Waals surface area (Å²) in [6, 6.07) is 7.77. The number of nitro benzene ring substituents is 1. The fraction of sp³-hybridized carbons (Fsp3) is 0.400. The van der Waals surface area contributed by atoms with Crippen LogP contribution in [0.1, 0.15) is 48.0 Å². The molecule has 3 aliphatic rings. The molecule has 2 fully saturated rings. The van der Waals surface area contributed by atoms with E-state index in [2.05, 4.69) is 4.98 Å². The Bertz CT molecular complexity index is 995. The topological polar surface area (TPSA) is 96.3 Å². The molecule has 7 nitrogen and oxygen atoms in total. The van der Waals surface area contributed by atoms with Crippen LogP contribution in [0, 0.1) is 28.9 Å². The average molecular weight is 365 g/mol. The first-order valence-corrected chi connectivity index (χ1v) is 9.29. The summed E-state index contributed by atoms with van der Waals surface area (Å²) < 4.78 is 0. The van der Waals surface area contributed by atoms with Gasteiger partial charge in [0.1, 0.15) is 0 Å². The normalized spacial score (nSPS) is 28.9. The van der Waals surface area contributed by atoms with Gasteiger partial charge >= 0.3 is 0 Å². The molecule has 1 N–H and O–H groups in total. The van der Waals surface area contributed by atoms with E-state index >= 15 is 0 Å². The van der Waals surface area contributed by atoms with E-state index < -0.39 is 10.8 Å². The lowest BCUT2D eigenvalue weighted by Gasteiger charge is -2.33. The molecule has 0 spiro atoms. The first-order valence-electron chi connectivity index (χ1n) is 9.29. The predicted octanol–water partition coefficient (Wildman–Crippen LogP) is 3.40. The Morgan fingerprint density at radius 2 is 2.00 bits per heavy atom. The van der Waals surface area contributed by atoms with Crippen molar-refractivity contribution in [2.24, 2.45) is 11.8 Å². The number of aromatic amines is 1. The number of hydrogen-bond acceptors (Lipinski definition) is 4. The zero-order valence-corrected chi connectivity index (χ0v) is 14.8. The van der Waals surface area contributed by atoms with E-state index in [1.54, 1.807) is 6.07 Å². The van der Waals surface area contributed by atoms with Gasteiger partial charge in [-0.3, -0.25) is 19.7 Å². The van der Waals surface area contributed by atoms with E-state index in [0.29, 0.717) is 0 Å². The van der Waals surface area contributed by atoms with Crippen molar-refractivity contribution in [3.05, 3.63) is 57.4 Å². The van der Waals surface area contributed by atoms with Gasteiger partial charge in [0.15, 0.2) is 0 Å². The Hall–Kier alpha value is -2.96. The second-order valence-electron chi connectivity index (χ2n) is 7.81. The lowest BCUT2D eigenvalue weighted by atomic mass is 9.68. The van der Waals surface area contributed by atoms with E-state index in [1.165, 1.54) is 23.1 Å². The summed E-state index contributed by atoms with van der Waals surface area (Å²) in [7, 11) is 0. The van der Waals surface area contributed by atoms with Crippen LogP contribution in [0.3, 0.4) is 0 Å². The van der Waals surface area contributed by atoms with Crippen LogP contribution in [0.5, 0.6) is 0 Å². The van der Waals surface area contributed by atoms with Crippen molar-refractivity contribution in [1.82, 2.24) is 4.98 Å². The highest BCUT2D eigenvalue weighted by atomic mass is 16.6.